The first-order chi connectivity index (χ1) is 16.8. The second-order valence-electron chi connectivity index (χ2n) is 11.1. The predicted molar refractivity (Wildman–Crippen MR) is 147 cm³/mol. The lowest BCUT2D eigenvalue weighted by atomic mass is 9.78. The average Bonchev–Trinajstić information content (AvgIpc) is 2.80. The molecule has 3 aromatic carbocycles. The zero-order valence-corrected chi connectivity index (χ0v) is 22.8. The Kier molecular flexibility index (Phi) is 8.18. The summed E-state index contributed by atoms with van der Waals surface area (Å²) < 4.78 is 0. The van der Waals surface area contributed by atoms with Gasteiger partial charge in [0.15, 0.2) is 0 Å². The van der Waals surface area contributed by atoms with Crippen LogP contribution in [0.15, 0.2) is 48.5 Å². The van der Waals surface area contributed by atoms with E-state index in [0.29, 0.717) is 0 Å². The van der Waals surface area contributed by atoms with Crippen LogP contribution in [0.3, 0.4) is 0 Å². The van der Waals surface area contributed by atoms with Crippen LogP contribution >= 0.6 is 0 Å². The molecule has 0 aliphatic rings. The molecule has 0 aromatic heterocycles. The van der Waals surface area contributed by atoms with Gasteiger partial charge in [-0.05, 0) is 63.6 Å². The molecule has 4 nitrogen and oxygen atoms in total. The van der Waals surface area contributed by atoms with Gasteiger partial charge in [-0.25, -0.2) is 4.79 Å². The Balaban J connectivity index is 2.44. The first-order valence-electron chi connectivity index (χ1n) is 12.9. The van der Waals surface area contributed by atoms with Crippen molar-refractivity contribution in [3.63, 3.8) is 0 Å². The van der Waals surface area contributed by atoms with E-state index < -0.39 is 11.9 Å². The van der Waals surface area contributed by atoms with E-state index in [9.17, 15) is 20.1 Å². The van der Waals surface area contributed by atoms with Crippen LogP contribution in [0.5, 0.6) is 11.5 Å². The molecule has 192 valence electrons. The van der Waals surface area contributed by atoms with Gasteiger partial charge in [0.25, 0.3) is 0 Å². The van der Waals surface area contributed by atoms with Crippen molar-refractivity contribution < 1.29 is 20.1 Å². The highest BCUT2D eigenvalue weighted by Gasteiger charge is 2.28. The van der Waals surface area contributed by atoms with E-state index >= 15 is 0 Å². The second kappa shape index (κ2) is 10.8. The van der Waals surface area contributed by atoms with Crippen LogP contribution < -0.4 is 0 Å². The average molecular weight is 489 g/mol. The summed E-state index contributed by atoms with van der Waals surface area (Å²) in [5.74, 6) is -0.294. The number of benzene rings is 3. The number of rotatable bonds is 8. The predicted octanol–water partition coefficient (Wildman–Crippen LogP) is 8.47. The molecule has 36 heavy (non-hydrogen) atoms. The molecule has 0 aliphatic heterocycles. The van der Waals surface area contributed by atoms with E-state index in [-0.39, 0.29) is 40.7 Å². The van der Waals surface area contributed by atoms with Crippen molar-refractivity contribution >= 4 is 5.97 Å². The van der Waals surface area contributed by atoms with Gasteiger partial charge in [-0.2, -0.15) is 0 Å². The molecule has 0 radical (unpaired) electrons. The molecule has 3 aromatic rings. The summed E-state index contributed by atoms with van der Waals surface area (Å²) in [4.78, 5) is 11.5. The molecule has 0 spiro atoms. The summed E-state index contributed by atoms with van der Waals surface area (Å²) >= 11 is 0. The van der Waals surface area contributed by atoms with Gasteiger partial charge in [0.05, 0.1) is 5.56 Å². The highest BCUT2D eigenvalue weighted by molar-refractivity contribution is 5.87. The van der Waals surface area contributed by atoms with Crippen molar-refractivity contribution in [1.82, 2.24) is 0 Å². The third-order valence-electron chi connectivity index (χ3n) is 7.07. The maximum absolute atomic E-state index is 11.6. The lowest BCUT2D eigenvalue weighted by Crippen LogP contribution is -2.10. The van der Waals surface area contributed by atoms with Crippen molar-refractivity contribution in [2.24, 2.45) is 0 Å². The number of aromatic hydroxyl groups is 2. The van der Waals surface area contributed by atoms with Gasteiger partial charge < -0.3 is 15.3 Å². The Morgan fingerprint density at radius 3 is 1.22 bits per heavy atom. The maximum Gasteiger partial charge on any atom is 0.335 e. The van der Waals surface area contributed by atoms with Gasteiger partial charge >= 0.3 is 5.97 Å². The first kappa shape index (κ1) is 27.3. The maximum atomic E-state index is 11.6. The molecule has 4 heteroatoms. The Labute approximate surface area is 215 Å². The lowest BCUT2D eigenvalue weighted by molar-refractivity contribution is 0.0697. The molecule has 0 unspecified atom stereocenters. The second-order valence-corrected chi connectivity index (χ2v) is 11.1. The molecule has 0 saturated carbocycles. The molecule has 3 N–H and O–H groups in total. The van der Waals surface area contributed by atoms with Gasteiger partial charge in [-0.15, -0.1) is 0 Å². The van der Waals surface area contributed by atoms with Crippen LogP contribution in [0.2, 0.25) is 0 Å². The number of carboxylic acids is 1. The molecule has 0 amide bonds. The topological polar surface area (TPSA) is 77.8 Å². The molecule has 3 rings (SSSR count). The van der Waals surface area contributed by atoms with Gasteiger partial charge in [-0.3, -0.25) is 0 Å². The monoisotopic (exact) mass is 488 g/mol. The highest BCUT2D eigenvalue weighted by atomic mass is 16.4. The number of carboxylic acid groups (broad SMARTS) is 1. The number of carbonyl (C=O) groups is 1. The molecular weight excluding hydrogens is 448 g/mol. The van der Waals surface area contributed by atoms with Gasteiger partial charge in [0, 0.05) is 17.0 Å². The van der Waals surface area contributed by atoms with Crippen LogP contribution in [0.1, 0.15) is 134 Å². The van der Waals surface area contributed by atoms with Crippen molar-refractivity contribution in [3.8, 4) is 11.5 Å². The fourth-order valence-corrected chi connectivity index (χ4v) is 4.74. The van der Waals surface area contributed by atoms with E-state index in [1.54, 1.807) is 24.3 Å². The first-order valence-corrected chi connectivity index (χ1v) is 12.9. The Bertz CT molecular complexity index is 1160. The van der Waals surface area contributed by atoms with Crippen LogP contribution in [0.25, 0.3) is 0 Å². The van der Waals surface area contributed by atoms with E-state index in [4.69, 9.17) is 0 Å². The van der Waals surface area contributed by atoms with E-state index in [0.717, 1.165) is 38.9 Å². The highest BCUT2D eigenvalue weighted by Crippen LogP contribution is 2.47. The fraction of sp³-hybridized carbons (Fsp3) is 0.406. The summed E-state index contributed by atoms with van der Waals surface area (Å²) in [5.41, 5.74) is 6.42. The van der Waals surface area contributed by atoms with Gasteiger partial charge in [0.2, 0.25) is 0 Å². The van der Waals surface area contributed by atoms with Gasteiger partial charge in [0.1, 0.15) is 11.5 Å². The van der Waals surface area contributed by atoms with E-state index in [1.165, 1.54) is 0 Å². The summed E-state index contributed by atoms with van der Waals surface area (Å²) in [6.07, 6.45) is 0. The van der Waals surface area contributed by atoms with Crippen LogP contribution in [-0.4, -0.2) is 21.3 Å². The summed E-state index contributed by atoms with van der Waals surface area (Å²) in [5, 5.41) is 32.6. The Hall–Kier alpha value is -3.27. The minimum Gasteiger partial charge on any atom is -0.507 e. The summed E-state index contributed by atoms with van der Waals surface area (Å²) in [6, 6.07) is 15.0. The van der Waals surface area contributed by atoms with E-state index in [1.807, 2.05) is 12.1 Å². The minimum atomic E-state index is -0.989. The third-order valence-corrected chi connectivity index (χ3v) is 7.07. The van der Waals surface area contributed by atoms with Crippen LogP contribution in [-0.2, 0) is 0 Å². The summed E-state index contributed by atoms with van der Waals surface area (Å²) in [7, 11) is 0. The quantitative estimate of drug-likeness (QED) is 0.278. The van der Waals surface area contributed by atoms with Crippen molar-refractivity contribution in [3.05, 3.63) is 93.0 Å². The zero-order valence-electron chi connectivity index (χ0n) is 22.8. The third kappa shape index (κ3) is 5.43. The number of hydrogen-bond acceptors (Lipinski definition) is 3. The SMILES string of the molecule is CC(C)c1cc(C(C)C)c(O)c(C(c2ccc(C(=O)O)cc2)c2cc(C(C)C)cc(C(C)C)c2O)c1. The standard InChI is InChI=1S/C32H40O4/c1-17(2)23-13-25(19(5)6)30(33)27(15-23)29(21-9-11-22(12-10-21)32(35)36)28-16-24(18(3)4)14-26(20(7)8)31(28)34/h9-20,29,33-34H,1-8H3,(H,35,36). The lowest BCUT2D eigenvalue weighted by Gasteiger charge is -2.27. The van der Waals surface area contributed by atoms with Crippen LogP contribution in [0.4, 0.5) is 0 Å². The molecule has 0 saturated heterocycles. The molecular formula is C32H40O4. The van der Waals surface area contributed by atoms with Crippen molar-refractivity contribution in [2.45, 2.75) is 85.0 Å². The van der Waals surface area contributed by atoms with Crippen molar-refractivity contribution in [2.75, 3.05) is 0 Å². The molecule has 0 bridgehead atoms. The Morgan fingerprint density at radius 2 is 0.917 bits per heavy atom. The van der Waals surface area contributed by atoms with E-state index in [2.05, 4.69) is 67.5 Å². The molecule has 0 atom stereocenters. The number of phenols is 2. The normalized spacial score (nSPS) is 11.9. The number of aromatic carboxylic acids is 1. The van der Waals surface area contributed by atoms with Crippen molar-refractivity contribution in [1.29, 1.82) is 0 Å². The fourth-order valence-electron chi connectivity index (χ4n) is 4.74. The smallest absolute Gasteiger partial charge is 0.335 e. The molecule has 0 heterocycles. The molecule has 0 fully saturated rings. The zero-order chi connectivity index (χ0) is 26.9. The number of hydrogen-bond donors (Lipinski definition) is 3. The Morgan fingerprint density at radius 1 is 0.556 bits per heavy atom. The summed E-state index contributed by atoms with van der Waals surface area (Å²) in [6.45, 7) is 16.8. The van der Waals surface area contributed by atoms with Gasteiger partial charge in [-0.1, -0.05) is 91.8 Å². The largest absolute Gasteiger partial charge is 0.507 e. The number of phenolic OH excluding ortho intramolecular Hbond substituents is 2. The molecule has 0 aliphatic carbocycles. The van der Waals surface area contributed by atoms with Crippen LogP contribution in [0, 0.1) is 0 Å². The minimum absolute atomic E-state index is 0.110.